The van der Waals surface area contributed by atoms with Crippen molar-refractivity contribution in [1.29, 1.82) is 0 Å². The number of aliphatic imine (C=N–C) groups is 1. The molecule has 2 heterocycles. The van der Waals surface area contributed by atoms with Crippen LogP contribution in [-0.2, 0) is 6.42 Å². The molecule has 11 rings (SSSR count). The van der Waals surface area contributed by atoms with E-state index in [-0.39, 0.29) is 0 Å². The molecule has 0 bridgehead atoms. The molecule has 1 aliphatic heterocycles. The number of fused-ring (bicyclic) bond motifs is 4. The quantitative estimate of drug-likeness (QED) is 0.0640. The van der Waals surface area contributed by atoms with Crippen LogP contribution in [0.25, 0.3) is 63.4 Å². The summed E-state index contributed by atoms with van der Waals surface area (Å²) in [6, 6.07) is 52.0. The number of aromatic nitrogens is 1. The Morgan fingerprint density at radius 2 is 1.42 bits per heavy atom. The molecule has 77 heavy (non-hydrogen) atoms. The van der Waals surface area contributed by atoms with Crippen LogP contribution in [-0.4, -0.2) is 10.3 Å². The minimum Gasteiger partial charge on any atom is -0.316 e. The van der Waals surface area contributed by atoms with Crippen LogP contribution in [0.3, 0.4) is 0 Å². The fourth-order valence-electron chi connectivity index (χ4n) is 10.8. The minimum absolute atomic E-state index is 0.820. The van der Waals surface area contributed by atoms with Gasteiger partial charge in [0.25, 0.3) is 0 Å². The summed E-state index contributed by atoms with van der Waals surface area (Å²) in [5, 5.41) is 0. The minimum atomic E-state index is 0.820. The van der Waals surface area contributed by atoms with Gasteiger partial charge in [-0.05, 0) is 186 Å². The lowest BCUT2D eigenvalue weighted by atomic mass is 9.89. The molecule has 3 nitrogen and oxygen atoms in total. The molecule has 0 saturated carbocycles. The van der Waals surface area contributed by atoms with Gasteiger partial charge in [-0.3, -0.25) is 0 Å². The smallest absolute Gasteiger partial charge is 0.0715 e. The first-order valence-electron chi connectivity index (χ1n) is 26.7. The first-order valence-corrected chi connectivity index (χ1v) is 26.7. The number of hydrogen-bond acceptors (Lipinski definition) is 2. The Hall–Kier alpha value is -9.49. The number of benzene rings is 6. The number of allylic oxidation sites excluding steroid dienone is 17. The fraction of sp³-hybridized carbons (Fsp3) is 0.0946. The third-order valence-electron chi connectivity index (χ3n) is 14.9. The molecule has 372 valence electrons. The second-order valence-corrected chi connectivity index (χ2v) is 19.8. The highest BCUT2D eigenvalue weighted by Gasteiger charge is 2.24. The highest BCUT2D eigenvalue weighted by atomic mass is 15.1. The Bertz CT molecular complexity index is 3920. The topological polar surface area (TPSA) is 20.5 Å². The number of rotatable bonds is 13. The maximum absolute atomic E-state index is 5.53. The zero-order valence-corrected chi connectivity index (χ0v) is 44.2. The van der Waals surface area contributed by atoms with Gasteiger partial charge in [-0.1, -0.05) is 189 Å². The lowest BCUT2D eigenvalue weighted by molar-refractivity contribution is 0.951. The second kappa shape index (κ2) is 22.5. The standard InChI is InChI=1S/C74H61N3/c1-6-23-52(3)54(5)68-33-12-11-28-60(68)40-39-55-25-21-31-64(46-55)75-71(50-56(7-2)58-41-43-59(44-42-58)57-26-9-8-10-27-57)62-30-22-29-61(47-62)63-48-65(76-45-20-19-24-53(4)67-32-13-16-36-72(67)76)51-66(49-63)77-73-37-17-14-34-69(73)70-35-15-18-38-74(70)77/h6-11,13,16-17,19-32,35-51H,2,4,12,14,33-34H2,1,3,5H3/b23-6-,24-19-,40-39+,45-20-,54-52+,56-50+,75-71?. The van der Waals surface area contributed by atoms with Gasteiger partial charge in [0.15, 0.2) is 0 Å². The molecule has 7 aromatic rings. The Labute approximate surface area is 455 Å². The lowest BCUT2D eigenvalue weighted by Crippen LogP contribution is -2.12. The van der Waals surface area contributed by atoms with Crippen molar-refractivity contribution in [3.63, 3.8) is 0 Å². The summed E-state index contributed by atoms with van der Waals surface area (Å²) in [6.45, 7) is 15.3. The molecule has 3 aliphatic carbocycles. The summed E-state index contributed by atoms with van der Waals surface area (Å²) in [5.74, 6) is 0. The normalized spacial score (nSPS) is 16.1. The van der Waals surface area contributed by atoms with E-state index in [4.69, 9.17) is 4.99 Å². The highest BCUT2D eigenvalue weighted by Crippen LogP contribution is 2.41. The maximum atomic E-state index is 5.53. The number of para-hydroxylation sites is 1. The summed E-state index contributed by atoms with van der Waals surface area (Å²) in [5.41, 5.74) is 32.1. The van der Waals surface area contributed by atoms with Crippen LogP contribution >= 0.6 is 0 Å². The fourth-order valence-corrected chi connectivity index (χ4v) is 10.8. The number of nitrogens with zero attached hydrogens (tertiary/aromatic N) is 3. The molecule has 0 fully saturated rings. The molecule has 4 aliphatic rings. The van der Waals surface area contributed by atoms with Crippen molar-refractivity contribution in [2.24, 2.45) is 4.99 Å². The number of hydrogen-bond donors (Lipinski definition) is 0. The van der Waals surface area contributed by atoms with Gasteiger partial charge in [0.05, 0.1) is 22.8 Å². The van der Waals surface area contributed by atoms with Gasteiger partial charge in [-0.15, -0.1) is 0 Å². The van der Waals surface area contributed by atoms with Crippen molar-refractivity contribution in [1.82, 2.24) is 4.57 Å². The van der Waals surface area contributed by atoms with Gasteiger partial charge in [0, 0.05) is 46.0 Å². The average molecular weight is 992 g/mol. The van der Waals surface area contributed by atoms with E-state index < -0.39 is 0 Å². The molecule has 3 heteroatoms. The van der Waals surface area contributed by atoms with E-state index in [1.54, 1.807) is 0 Å². The zero-order valence-electron chi connectivity index (χ0n) is 44.2. The largest absolute Gasteiger partial charge is 0.316 e. The monoisotopic (exact) mass is 991 g/mol. The van der Waals surface area contributed by atoms with Crippen molar-refractivity contribution in [2.75, 3.05) is 4.90 Å². The maximum Gasteiger partial charge on any atom is 0.0715 e. The first-order chi connectivity index (χ1) is 37.8. The molecule has 0 atom stereocenters. The van der Waals surface area contributed by atoms with E-state index in [0.717, 1.165) is 110 Å². The van der Waals surface area contributed by atoms with E-state index >= 15 is 0 Å². The summed E-state index contributed by atoms with van der Waals surface area (Å²) in [6.07, 6.45) is 38.6. The van der Waals surface area contributed by atoms with Crippen LogP contribution in [0, 0.1) is 0 Å². The molecule has 1 aromatic heterocycles. The molecule has 0 radical (unpaired) electrons. The summed E-state index contributed by atoms with van der Waals surface area (Å²) < 4.78 is 2.40. The third kappa shape index (κ3) is 10.6. The van der Waals surface area contributed by atoms with Gasteiger partial charge >= 0.3 is 0 Å². The van der Waals surface area contributed by atoms with Crippen molar-refractivity contribution < 1.29 is 0 Å². The van der Waals surface area contributed by atoms with Gasteiger partial charge in [0.2, 0.25) is 0 Å². The van der Waals surface area contributed by atoms with E-state index in [1.165, 1.54) is 44.7 Å². The van der Waals surface area contributed by atoms with E-state index in [0.29, 0.717) is 0 Å². The predicted molar refractivity (Wildman–Crippen MR) is 331 cm³/mol. The average Bonchev–Trinajstić information content (AvgIpc) is 3.95. The van der Waals surface area contributed by atoms with E-state index in [9.17, 15) is 0 Å². The van der Waals surface area contributed by atoms with Crippen LogP contribution in [0.5, 0.6) is 0 Å². The molecule has 0 saturated heterocycles. The van der Waals surface area contributed by atoms with Gasteiger partial charge in [0.1, 0.15) is 0 Å². The Morgan fingerprint density at radius 1 is 0.649 bits per heavy atom. The Balaban J connectivity index is 1.06. The van der Waals surface area contributed by atoms with Crippen LogP contribution in [0.15, 0.2) is 271 Å². The SMILES string of the molecule is C=C/C(=C\C(=Nc1cccc(/C=C/C2=C(C(/C)=C(C)/C=C\C)CCC=C2)c1)c1cccc(-c2cc(N3/C=C\C=C/C(=C)c4ccccc43)cc(-n3c4c(c5c3C=CCC5)C=C=C=C4)c2)c1)c1ccc(-c2ccccc2)cc1. The molecule has 0 N–H and O–H groups in total. The molecular weight excluding hydrogens is 931 g/mol. The van der Waals surface area contributed by atoms with E-state index in [1.807, 2.05) is 6.08 Å². The van der Waals surface area contributed by atoms with Crippen LogP contribution in [0.2, 0.25) is 0 Å². The summed E-state index contributed by atoms with van der Waals surface area (Å²) in [4.78, 5) is 7.82. The van der Waals surface area contributed by atoms with Crippen LogP contribution < -0.4 is 4.90 Å². The van der Waals surface area contributed by atoms with Gasteiger partial charge in [-0.2, -0.15) is 0 Å². The zero-order chi connectivity index (χ0) is 52.7. The van der Waals surface area contributed by atoms with Gasteiger partial charge < -0.3 is 9.47 Å². The molecule has 6 aromatic carbocycles. The lowest BCUT2D eigenvalue weighted by Gasteiger charge is -2.27. The Kier molecular flexibility index (Phi) is 14.6. The van der Waals surface area contributed by atoms with Crippen molar-refractivity contribution in [2.45, 2.75) is 46.5 Å². The molecule has 0 spiro atoms. The summed E-state index contributed by atoms with van der Waals surface area (Å²) >= 11 is 0. The Morgan fingerprint density at radius 3 is 2.27 bits per heavy atom. The van der Waals surface area contributed by atoms with Crippen molar-refractivity contribution in [3.8, 4) is 27.9 Å². The second-order valence-electron chi connectivity index (χ2n) is 19.8. The van der Waals surface area contributed by atoms with Crippen molar-refractivity contribution >= 4 is 58.2 Å². The van der Waals surface area contributed by atoms with Gasteiger partial charge in [-0.25, -0.2) is 4.99 Å². The molecular formula is C74H61N3. The molecule has 0 unspecified atom stereocenters. The highest BCUT2D eigenvalue weighted by molar-refractivity contribution is 6.14. The summed E-state index contributed by atoms with van der Waals surface area (Å²) in [7, 11) is 0. The van der Waals surface area contributed by atoms with Crippen LogP contribution in [0.1, 0.15) is 84.8 Å². The van der Waals surface area contributed by atoms with Crippen LogP contribution in [0.4, 0.5) is 17.1 Å². The first kappa shape index (κ1) is 49.7. The molecule has 0 amide bonds. The predicted octanol–water partition coefficient (Wildman–Crippen LogP) is 19.8. The number of anilines is 2. The van der Waals surface area contributed by atoms with E-state index in [2.05, 4.69) is 292 Å². The third-order valence-corrected chi connectivity index (χ3v) is 14.9. The van der Waals surface area contributed by atoms with Crippen molar-refractivity contribution in [3.05, 3.63) is 310 Å².